The fraction of sp³-hybridized carbons (Fsp3) is 0.368. The van der Waals surface area contributed by atoms with Crippen molar-refractivity contribution in [2.45, 2.75) is 45.2 Å². The molecule has 2 unspecified atom stereocenters. The smallest absolute Gasteiger partial charge is 0.115 e. The van der Waals surface area contributed by atoms with Gasteiger partial charge < -0.3 is 10.4 Å². The van der Waals surface area contributed by atoms with Crippen LogP contribution < -0.4 is 5.32 Å². The van der Waals surface area contributed by atoms with Crippen molar-refractivity contribution < 1.29 is 5.11 Å². The molecule has 0 fully saturated rings. The molecule has 0 aromatic heterocycles. The van der Waals surface area contributed by atoms with Gasteiger partial charge in [0.15, 0.2) is 0 Å². The normalized spacial score (nSPS) is 13.8. The van der Waals surface area contributed by atoms with E-state index in [4.69, 9.17) is 0 Å². The Bertz CT molecular complexity index is 521. The molecule has 0 bridgehead atoms. The van der Waals surface area contributed by atoms with Crippen molar-refractivity contribution in [2.75, 3.05) is 0 Å². The summed E-state index contributed by atoms with van der Waals surface area (Å²) in [6.07, 6.45) is 3.30. The van der Waals surface area contributed by atoms with E-state index >= 15 is 0 Å². The second kappa shape index (κ2) is 7.84. The molecule has 2 aromatic carbocycles. The Morgan fingerprint density at radius 2 is 1.48 bits per heavy atom. The number of hydrogen-bond acceptors (Lipinski definition) is 2. The second-order valence-electron chi connectivity index (χ2n) is 5.47. The summed E-state index contributed by atoms with van der Waals surface area (Å²) in [6.45, 7) is 4.41. The molecule has 0 aliphatic carbocycles. The summed E-state index contributed by atoms with van der Waals surface area (Å²) in [6, 6.07) is 18.8. The van der Waals surface area contributed by atoms with Crippen LogP contribution in [0.3, 0.4) is 0 Å². The van der Waals surface area contributed by atoms with E-state index in [1.165, 1.54) is 11.1 Å². The zero-order valence-electron chi connectivity index (χ0n) is 12.9. The second-order valence-corrected chi connectivity index (χ2v) is 5.47. The Labute approximate surface area is 127 Å². The molecule has 0 radical (unpaired) electrons. The first-order chi connectivity index (χ1) is 10.2. The van der Waals surface area contributed by atoms with Gasteiger partial charge in [0.05, 0.1) is 0 Å². The lowest BCUT2D eigenvalue weighted by Crippen LogP contribution is -2.26. The Kier molecular flexibility index (Phi) is 5.82. The quantitative estimate of drug-likeness (QED) is 0.751. The van der Waals surface area contributed by atoms with Gasteiger partial charge in [0.2, 0.25) is 0 Å². The molecule has 0 aliphatic heterocycles. The van der Waals surface area contributed by atoms with Gasteiger partial charge in [-0.2, -0.15) is 0 Å². The van der Waals surface area contributed by atoms with Crippen LogP contribution >= 0.6 is 0 Å². The van der Waals surface area contributed by atoms with E-state index in [2.05, 4.69) is 49.5 Å². The largest absolute Gasteiger partial charge is 0.508 e. The number of benzene rings is 2. The molecule has 2 rings (SSSR count). The number of rotatable bonds is 7. The van der Waals surface area contributed by atoms with Crippen LogP contribution in [0.1, 0.15) is 56.3 Å². The molecule has 2 nitrogen and oxygen atoms in total. The van der Waals surface area contributed by atoms with Crippen molar-refractivity contribution in [1.29, 1.82) is 0 Å². The van der Waals surface area contributed by atoms with Crippen LogP contribution in [0.2, 0.25) is 0 Å². The summed E-state index contributed by atoms with van der Waals surface area (Å²) in [5.74, 6) is 0.321. The minimum atomic E-state index is 0.308. The van der Waals surface area contributed by atoms with Crippen LogP contribution in [0.25, 0.3) is 0 Å². The van der Waals surface area contributed by atoms with Crippen LogP contribution in [-0.2, 0) is 0 Å². The fourth-order valence-corrected chi connectivity index (χ4v) is 2.72. The maximum Gasteiger partial charge on any atom is 0.115 e. The van der Waals surface area contributed by atoms with E-state index < -0.39 is 0 Å². The lowest BCUT2D eigenvalue weighted by molar-refractivity contribution is 0.412. The molecule has 2 atom stereocenters. The van der Waals surface area contributed by atoms with E-state index in [9.17, 15) is 5.11 Å². The first-order valence-electron chi connectivity index (χ1n) is 7.84. The molecule has 0 saturated carbocycles. The lowest BCUT2D eigenvalue weighted by atomic mass is 9.98. The van der Waals surface area contributed by atoms with E-state index in [0.717, 1.165) is 19.3 Å². The molecular formula is C19H25NO. The molecule has 0 spiro atoms. The molecule has 0 saturated heterocycles. The highest BCUT2D eigenvalue weighted by Gasteiger charge is 2.16. The maximum atomic E-state index is 9.43. The number of hydrogen-bond donors (Lipinski definition) is 2. The Morgan fingerprint density at radius 1 is 0.857 bits per heavy atom. The lowest BCUT2D eigenvalue weighted by Gasteiger charge is -2.26. The molecule has 112 valence electrons. The third-order valence-corrected chi connectivity index (χ3v) is 3.89. The van der Waals surface area contributed by atoms with Crippen molar-refractivity contribution in [3.63, 3.8) is 0 Å². The maximum absolute atomic E-state index is 9.43. The molecule has 2 heteroatoms. The predicted octanol–water partition coefficient (Wildman–Crippen LogP) is 4.97. The molecule has 0 aliphatic rings. The highest BCUT2D eigenvalue weighted by atomic mass is 16.3. The van der Waals surface area contributed by atoms with Crippen molar-refractivity contribution >= 4 is 0 Å². The minimum absolute atomic E-state index is 0.308. The van der Waals surface area contributed by atoms with Crippen molar-refractivity contribution in [3.8, 4) is 5.75 Å². The van der Waals surface area contributed by atoms with E-state index in [0.29, 0.717) is 17.8 Å². The molecule has 0 amide bonds. The zero-order valence-corrected chi connectivity index (χ0v) is 12.9. The van der Waals surface area contributed by atoms with Gasteiger partial charge in [-0.3, -0.25) is 0 Å². The summed E-state index contributed by atoms with van der Waals surface area (Å²) in [4.78, 5) is 0. The number of nitrogens with one attached hydrogen (secondary N) is 1. The van der Waals surface area contributed by atoms with E-state index in [1.807, 2.05) is 12.1 Å². The first-order valence-corrected chi connectivity index (χ1v) is 7.84. The van der Waals surface area contributed by atoms with Gasteiger partial charge >= 0.3 is 0 Å². The highest BCUT2D eigenvalue weighted by Crippen LogP contribution is 2.26. The van der Waals surface area contributed by atoms with E-state index in [1.54, 1.807) is 12.1 Å². The zero-order chi connectivity index (χ0) is 15.1. The minimum Gasteiger partial charge on any atom is -0.508 e. The number of aromatic hydroxyl groups is 1. The number of phenolic OH excluding ortho intramolecular Hbond substituents is 1. The molecule has 21 heavy (non-hydrogen) atoms. The van der Waals surface area contributed by atoms with Gasteiger partial charge in [0, 0.05) is 12.1 Å². The van der Waals surface area contributed by atoms with Gasteiger partial charge in [-0.1, -0.05) is 62.7 Å². The molecule has 0 heterocycles. The van der Waals surface area contributed by atoms with Crippen molar-refractivity contribution in [2.24, 2.45) is 0 Å². The molecule has 2 aromatic rings. The number of phenols is 1. The van der Waals surface area contributed by atoms with Crippen molar-refractivity contribution in [3.05, 3.63) is 65.7 Å². The summed E-state index contributed by atoms with van der Waals surface area (Å²) < 4.78 is 0. The molecule has 2 N–H and O–H groups in total. The molecular weight excluding hydrogens is 258 g/mol. The van der Waals surface area contributed by atoms with Crippen LogP contribution in [-0.4, -0.2) is 5.11 Å². The van der Waals surface area contributed by atoms with E-state index in [-0.39, 0.29) is 0 Å². The average molecular weight is 283 g/mol. The van der Waals surface area contributed by atoms with Crippen LogP contribution in [0.15, 0.2) is 54.6 Å². The Balaban J connectivity index is 2.15. The van der Waals surface area contributed by atoms with Gasteiger partial charge in [0.1, 0.15) is 5.75 Å². The van der Waals surface area contributed by atoms with Crippen LogP contribution in [0.5, 0.6) is 5.75 Å². The average Bonchev–Trinajstić information content (AvgIpc) is 2.53. The standard InChI is InChI=1S/C19H25NO/c1-3-8-19(15-9-6-5-7-10-15)20-18(4-2)16-11-13-17(21)14-12-16/h5-7,9-14,18-21H,3-4,8H2,1-2H3. The summed E-state index contributed by atoms with van der Waals surface area (Å²) >= 11 is 0. The third kappa shape index (κ3) is 4.33. The van der Waals surface area contributed by atoms with Gasteiger partial charge in [-0.15, -0.1) is 0 Å². The topological polar surface area (TPSA) is 32.3 Å². The summed E-state index contributed by atoms with van der Waals surface area (Å²) in [5, 5.41) is 13.2. The van der Waals surface area contributed by atoms with Crippen LogP contribution in [0.4, 0.5) is 0 Å². The monoisotopic (exact) mass is 283 g/mol. The van der Waals surface area contributed by atoms with Gasteiger partial charge in [-0.25, -0.2) is 0 Å². The summed E-state index contributed by atoms with van der Waals surface area (Å²) in [7, 11) is 0. The SMILES string of the molecule is CCCC(NC(CC)c1ccc(O)cc1)c1ccccc1. The Morgan fingerprint density at radius 3 is 2.05 bits per heavy atom. The highest BCUT2D eigenvalue weighted by molar-refractivity contribution is 5.28. The van der Waals surface area contributed by atoms with Crippen molar-refractivity contribution in [1.82, 2.24) is 5.32 Å². The predicted molar refractivity (Wildman–Crippen MR) is 88.4 cm³/mol. The van der Waals surface area contributed by atoms with Gasteiger partial charge in [-0.05, 0) is 36.1 Å². The Hall–Kier alpha value is -1.80. The van der Waals surface area contributed by atoms with Crippen LogP contribution in [0, 0.1) is 0 Å². The third-order valence-electron chi connectivity index (χ3n) is 3.89. The summed E-state index contributed by atoms with van der Waals surface area (Å²) in [5.41, 5.74) is 2.57. The van der Waals surface area contributed by atoms with Gasteiger partial charge in [0.25, 0.3) is 0 Å². The first kappa shape index (κ1) is 15.6. The fourth-order valence-electron chi connectivity index (χ4n) is 2.72.